The second-order valence-corrected chi connectivity index (χ2v) is 5.70. The van der Waals surface area contributed by atoms with Crippen molar-refractivity contribution in [3.05, 3.63) is 35.9 Å². The first-order valence-corrected chi connectivity index (χ1v) is 6.85. The molecule has 0 heterocycles. The van der Waals surface area contributed by atoms with Gasteiger partial charge in [0.15, 0.2) is 0 Å². The molecule has 0 spiro atoms. The van der Waals surface area contributed by atoms with Crippen molar-refractivity contribution in [2.24, 2.45) is 5.92 Å². The van der Waals surface area contributed by atoms with Crippen molar-refractivity contribution in [1.29, 1.82) is 0 Å². The molecule has 1 unspecified atom stereocenters. The Hall–Kier alpha value is -1.35. The molecule has 0 saturated heterocycles. The molecule has 19 heavy (non-hydrogen) atoms. The summed E-state index contributed by atoms with van der Waals surface area (Å²) in [6.07, 6.45) is 1.55. The lowest BCUT2D eigenvalue weighted by atomic mass is 9.68. The average Bonchev–Trinajstić information content (AvgIpc) is 2.34. The summed E-state index contributed by atoms with van der Waals surface area (Å²) in [5.41, 5.74) is 0.133. The quantitative estimate of drug-likeness (QED) is 0.822. The van der Waals surface area contributed by atoms with Crippen LogP contribution in [0.3, 0.4) is 0 Å². The smallest absolute Gasteiger partial charge is 0.314 e. The molecular weight excluding hydrogens is 238 g/mol. The van der Waals surface area contributed by atoms with Crippen molar-refractivity contribution in [3.63, 3.8) is 0 Å². The number of hydrogen-bond donors (Lipinski definition) is 1. The Labute approximate surface area is 116 Å². The van der Waals surface area contributed by atoms with Crippen LogP contribution in [-0.4, -0.2) is 36.6 Å². The van der Waals surface area contributed by atoms with Crippen LogP contribution in [0.5, 0.6) is 0 Å². The van der Waals surface area contributed by atoms with Gasteiger partial charge >= 0.3 is 5.97 Å². The number of benzene rings is 1. The zero-order valence-corrected chi connectivity index (χ0v) is 12.4. The first kappa shape index (κ1) is 15.7. The van der Waals surface area contributed by atoms with E-state index in [9.17, 15) is 9.90 Å². The summed E-state index contributed by atoms with van der Waals surface area (Å²) in [6.45, 7) is 4.90. The number of rotatable bonds is 7. The van der Waals surface area contributed by atoms with Gasteiger partial charge in [-0.2, -0.15) is 0 Å². The van der Waals surface area contributed by atoms with Crippen LogP contribution in [0, 0.1) is 5.92 Å². The van der Waals surface area contributed by atoms with Gasteiger partial charge in [0.2, 0.25) is 0 Å². The monoisotopic (exact) mass is 263 g/mol. The van der Waals surface area contributed by atoms with E-state index >= 15 is 0 Å². The van der Waals surface area contributed by atoms with Gasteiger partial charge in [0.25, 0.3) is 0 Å². The van der Waals surface area contributed by atoms with E-state index < -0.39 is 11.4 Å². The van der Waals surface area contributed by atoms with Crippen molar-refractivity contribution >= 4 is 5.97 Å². The minimum absolute atomic E-state index is 0.0644. The first-order valence-electron chi connectivity index (χ1n) is 6.85. The Morgan fingerprint density at radius 3 is 2.26 bits per heavy atom. The molecule has 0 fully saturated rings. The molecule has 106 valence electrons. The fraction of sp³-hybridized carbons (Fsp3) is 0.562. The summed E-state index contributed by atoms with van der Waals surface area (Å²) in [4.78, 5) is 14.0. The SMILES string of the molecule is CC(C)C(CCCN(C)C)(C(=O)O)c1ccccc1. The van der Waals surface area contributed by atoms with Gasteiger partial charge < -0.3 is 10.0 Å². The van der Waals surface area contributed by atoms with Crippen LogP contribution >= 0.6 is 0 Å². The second-order valence-electron chi connectivity index (χ2n) is 5.70. The van der Waals surface area contributed by atoms with E-state index in [-0.39, 0.29) is 5.92 Å². The molecule has 1 N–H and O–H groups in total. The normalized spacial score (nSPS) is 14.6. The Kier molecular flexibility index (Phi) is 5.55. The maximum Gasteiger partial charge on any atom is 0.314 e. The molecular formula is C16H25NO2. The van der Waals surface area contributed by atoms with Crippen molar-refractivity contribution < 1.29 is 9.90 Å². The van der Waals surface area contributed by atoms with E-state index in [1.54, 1.807) is 0 Å². The topological polar surface area (TPSA) is 40.5 Å². The van der Waals surface area contributed by atoms with Gasteiger partial charge in [-0.15, -0.1) is 0 Å². The van der Waals surface area contributed by atoms with Gasteiger partial charge in [-0.1, -0.05) is 44.2 Å². The Balaban J connectivity index is 3.05. The van der Waals surface area contributed by atoms with Crippen molar-refractivity contribution in [2.45, 2.75) is 32.1 Å². The molecule has 3 heteroatoms. The highest BCUT2D eigenvalue weighted by molar-refractivity contribution is 5.81. The van der Waals surface area contributed by atoms with Crippen LogP contribution in [0.2, 0.25) is 0 Å². The fourth-order valence-corrected chi connectivity index (χ4v) is 2.65. The van der Waals surface area contributed by atoms with Crippen molar-refractivity contribution in [3.8, 4) is 0 Å². The molecule has 1 rings (SSSR count). The predicted molar refractivity (Wildman–Crippen MR) is 78.4 cm³/mol. The molecule has 1 atom stereocenters. The summed E-state index contributed by atoms with van der Waals surface area (Å²) in [5.74, 6) is -0.651. The standard InChI is InChI=1S/C16H25NO2/c1-13(2)16(15(18)19,11-8-12-17(3)4)14-9-6-5-7-10-14/h5-7,9-10,13H,8,11-12H2,1-4H3,(H,18,19). The minimum atomic E-state index is -0.780. The summed E-state index contributed by atoms with van der Waals surface area (Å²) in [6, 6.07) is 9.63. The minimum Gasteiger partial charge on any atom is -0.481 e. The lowest BCUT2D eigenvalue weighted by molar-refractivity contribution is -0.146. The van der Waals surface area contributed by atoms with Gasteiger partial charge in [0, 0.05) is 0 Å². The van der Waals surface area contributed by atoms with E-state index in [1.165, 1.54) is 0 Å². The summed E-state index contributed by atoms with van der Waals surface area (Å²) < 4.78 is 0. The zero-order valence-electron chi connectivity index (χ0n) is 12.4. The van der Waals surface area contributed by atoms with E-state index in [4.69, 9.17) is 0 Å². The zero-order chi connectivity index (χ0) is 14.5. The summed E-state index contributed by atoms with van der Waals surface area (Å²) in [5, 5.41) is 9.80. The largest absolute Gasteiger partial charge is 0.481 e. The number of carboxylic acid groups (broad SMARTS) is 1. The molecule has 0 aromatic heterocycles. The molecule has 0 amide bonds. The molecule has 0 aliphatic heterocycles. The van der Waals surface area contributed by atoms with Gasteiger partial charge in [0.1, 0.15) is 0 Å². The number of carboxylic acids is 1. The highest BCUT2D eigenvalue weighted by Crippen LogP contribution is 2.37. The lowest BCUT2D eigenvalue weighted by Gasteiger charge is -2.34. The van der Waals surface area contributed by atoms with Gasteiger partial charge in [-0.3, -0.25) is 4.79 Å². The van der Waals surface area contributed by atoms with Crippen LogP contribution in [0.1, 0.15) is 32.3 Å². The first-order chi connectivity index (χ1) is 8.91. The fourth-order valence-electron chi connectivity index (χ4n) is 2.65. The molecule has 0 radical (unpaired) electrons. The van der Waals surface area contributed by atoms with E-state index in [2.05, 4.69) is 4.90 Å². The van der Waals surface area contributed by atoms with E-state index in [0.717, 1.165) is 18.5 Å². The lowest BCUT2D eigenvalue weighted by Crippen LogP contribution is -2.41. The number of nitrogens with zero attached hydrogens (tertiary/aromatic N) is 1. The van der Waals surface area contributed by atoms with E-state index in [0.29, 0.717) is 6.42 Å². The number of hydrogen-bond acceptors (Lipinski definition) is 2. The van der Waals surface area contributed by atoms with Gasteiger partial charge in [-0.05, 0) is 45.0 Å². The highest BCUT2D eigenvalue weighted by Gasteiger charge is 2.42. The van der Waals surface area contributed by atoms with Gasteiger partial charge in [-0.25, -0.2) is 0 Å². The molecule has 0 bridgehead atoms. The van der Waals surface area contributed by atoms with Crippen molar-refractivity contribution in [1.82, 2.24) is 4.90 Å². The molecule has 1 aromatic rings. The Morgan fingerprint density at radius 2 is 1.84 bits per heavy atom. The summed E-state index contributed by atoms with van der Waals surface area (Å²) >= 11 is 0. The van der Waals surface area contributed by atoms with E-state index in [1.807, 2.05) is 58.3 Å². The van der Waals surface area contributed by atoms with Crippen LogP contribution in [0.25, 0.3) is 0 Å². The average molecular weight is 263 g/mol. The maximum atomic E-state index is 11.9. The molecule has 0 aliphatic carbocycles. The van der Waals surface area contributed by atoms with Gasteiger partial charge in [0.05, 0.1) is 5.41 Å². The molecule has 3 nitrogen and oxygen atoms in total. The van der Waals surface area contributed by atoms with Crippen LogP contribution in [-0.2, 0) is 10.2 Å². The Bertz CT molecular complexity index is 400. The van der Waals surface area contributed by atoms with Crippen molar-refractivity contribution in [2.75, 3.05) is 20.6 Å². The molecule has 0 aliphatic rings. The molecule has 0 saturated carbocycles. The molecule has 1 aromatic carbocycles. The maximum absolute atomic E-state index is 11.9. The second kappa shape index (κ2) is 6.71. The van der Waals surface area contributed by atoms with Crippen LogP contribution in [0.4, 0.5) is 0 Å². The third kappa shape index (κ3) is 3.57. The number of carbonyl (C=O) groups is 1. The van der Waals surface area contributed by atoms with Crippen LogP contribution in [0.15, 0.2) is 30.3 Å². The number of aliphatic carboxylic acids is 1. The van der Waals surface area contributed by atoms with Crippen LogP contribution < -0.4 is 0 Å². The Morgan fingerprint density at radius 1 is 1.26 bits per heavy atom. The predicted octanol–water partition coefficient (Wildman–Crippen LogP) is 3.01. The third-order valence-electron chi connectivity index (χ3n) is 3.83. The third-order valence-corrected chi connectivity index (χ3v) is 3.83. The summed E-state index contributed by atoms with van der Waals surface area (Å²) in [7, 11) is 4.03. The highest BCUT2D eigenvalue weighted by atomic mass is 16.4.